The van der Waals surface area contributed by atoms with Gasteiger partial charge in [-0.15, -0.1) is 0 Å². The van der Waals surface area contributed by atoms with Crippen LogP contribution in [-0.2, 0) is 9.53 Å². The van der Waals surface area contributed by atoms with Gasteiger partial charge in [0.2, 0.25) is 5.91 Å². The van der Waals surface area contributed by atoms with Crippen molar-refractivity contribution in [2.45, 2.75) is 26.0 Å². The van der Waals surface area contributed by atoms with Gasteiger partial charge in [-0.05, 0) is 6.92 Å². The van der Waals surface area contributed by atoms with E-state index in [1.165, 1.54) is 6.92 Å². The normalized spacial score (nSPS) is 27.7. The Morgan fingerprint density at radius 2 is 2.40 bits per heavy atom. The van der Waals surface area contributed by atoms with Gasteiger partial charge < -0.3 is 15.2 Å². The summed E-state index contributed by atoms with van der Waals surface area (Å²) < 4.78 is 5.42. The molecule has 1 fully saturated rings. The molecule has 0 aliphatic carbocycles. The van der Waals surface area contributed by atoms with Gasteiger partial charge in [-0.2, -0.15) is 0 Å². The third-order valence-corrected chi connectivity index (χ3v) is 2.61. The topological polar surface area (TPSA) is 61.8 Å². The molecule has 1 heterocycles. The molecule has 0 spiro atoms. The third kappa shape index (κ3) is 4.15. The van der Waals surface area contributed by atoms with Crippen LogP contribution in [0.3, 0.4) is 0 Å². The third-order valence-electron chi connectivity index (χ3n) is 2.61. The lowest BCUT2D eigenvalue weighted by Crippen LogP contribution is -2.51. The van der Waals surface area contributed by atoms with E-state index >= 15 is 0 Å². The maximum absolute atomic E-state index is 10.7. The fourth-order valence-electron chi connectivity index (χ4n) is 1.67. The molecule has 88 valence electrons. The van der Waals surface area contributed by atoms with Crippen molar-refractivity contribution in [2.75, 3.05) is 32.8 Å². The fourth-order valence-corrected chi connectivity index (χ4v) is 1.67. The minimum Gasteiger partial charge on any atom is -0.394 e. The quantitative estimate of drug-likeness (QED) is 0.646. The molecule has 1 rings (SSSR count). The molecular weight excluding hydrogens is 196 g/mol. The molecule has 1 aliphatic rings. The summed E-state index contributed by atoms with van der Waals surface area (Å²) in [4.78, 5) is 12.9. The molecule has 15 heavy (non-hydrogen) atoms. The van der Waals surface area contributed by atoms with E-state index < -0.39 is 0 Å². The number of carbonyl (C=O) groups excluding carboxylic acids is 1. The summed E-state index contributed by atoms with van der Waals surface area (Å²) in [6, 6.07) is 0.349. The van der Waals surface area contributed by atoms with Gasteiger partial charge in [-0.1, -0.05) is 0 Å². The molecule has 5 nitrogen and oxygen atoms in total. The number of nitrogens with zero attached hydrogens (tertiary/aromatic N) is 1. The van der Waals surface area contributed by atoms with E-state index in [9.17, 15) is 4.79 Å². The zero-order chi connectivity index (χ0) is 11.3. The second-order valence-corrected chi connectivity index (χ2v) is 3.96. The maximum atomic E-state index is 10.7. The first-order valence-corrected chi connectivity index (χ1v) is 5.34. The summed E-state index contributed by atoms with van der Waals surface area (Å²) in [6.07, 6.45) is -0.0847. The number of nitrogens with one attached hydrogen (secondary N) is 1. The summed E-state index contributed by atoms with van der Waals surface area (Å²) in [6.45, 7) is 6.49. The van der Waals surface area contributed by atoms with E-state index in [0.29, 0.717) is 19.2 Å². The predicted molar refractivity (Wildman–Crippen MR) is 56.5 cm³/mol. The Morgan fingerprint density at radius 1 is 1.67 bits per heavy atom. The average Bonchev–Trinajstić information content (AvgIpc) is 2.20. The van der Waals surface area contributed by atoms with Crippen LogP contribution in [0.1, 0.15) is 13.8 Å². The van der Waals surface area contributed by atoms with Crippen molar-refractivity contribution in [1.29, 1.82) is 0 Å². The van der Waals surface area contributed by atoms with Gasteiger partial charge in [0.25, 0.3) is 0 Å². The largest absolute Gasteiger partial charge is 0.394 e. The van der Waals surface area contributed by atoms with Crippen LogP contribution in [0.25, 0.3) is 0 Å². The second-order valence-electron chi connectivity index (χ2n) is 3.96. The van der Waals surface area contributed by atoms with E-state index in [-0.39, 0.29) is 18.6 Å². The summed E-state index contributed by atoms with van der Waals surface area (Å²) in [5.74, 6) is -0.00498. The highest BCUT2D eigenvalue weighted by molar-refractivity contribution is 5.72. The molecule has 0 aromatic heterocycles. The molecule has 2 atom stereocenters. The van der Waals surface area contributed by atoms with Crippen molar-refractivity contribution in [1.82, 2.24) is 10.2 Å². The van der Waals surface area contributed by atoms with Crippen LogP contribution in [0, 0.1) is 0 Å². The molecule has 2 unspecified atom stereocenters. The highest BCUT2D eigenvalue weighted by Crippen LogP contribution is 2.10. The summed E-state index contributed by atoms with van der Waals surface area (Å²) in [7, 11) is 0. The Morgan fingerprint density at radius 3 is 3.00 bits per heavy atom. The molecule has 0 aromatic carbocycles. The number of ether oxygens (including phenoxy) is 1. The molecule has 1 aliphatic heterocycles. The van der Waals surface area contributed by atoms with Crippen LogP contribution in [0.2, 0.25) is 0 Å². The molecule has 0 bridgehead atoms. The predicted octanol–water partition coefficient (Wildman–Crippen LogP) is -0.796. The summed E-state index contributed by atoms with van der Waals surface area (Å²) in [5.41, 5.74) is 0. The second kappa shape index (κ2) is 6.05. The average molecular weight is 216 g/mol. The minimum absolute atomic E-state index is 0.00498. The smallest absolute Gasteiger partial charge is 0.216 e. The van der Waals surface area contributed by atoms with Crippen molar-refractivity contribution >= 4 is 5.91 Å². The number of carbonyl (C=O) groups is 1. The SMILES string of the molecule is CC(=O)NCCN1CC(CO)OCC1C. The Bertz CT molecular complexity index is 211. The van der Waals surface area contributed by atoms with Crippen molar-refractivity contribution in [3.63, 3.8) is 0 Å². The van der Waals surface area contributed by atoms with Gasteiger partial charge in [0, 0.05) is 32.6 Å². The van der Waals surface area contributed by atoms with Gasteiger partial charge in [-0.25, -0.2) is 0 Å². The molecular formula is C10H20N2O3. The number of amides is 1. The first kappa shape index (κ1) is 12.4. The number of hydrogen-bond donors (Lipinski definition) is 2. The van der Waals surface area contributed by atoms with Gasteiger partial charge in [0.05, 0.1) is 19.3 Å². The fraction of sp³-hybridized carbons (Fsp3) is 0.900. The number of aliphatic hydroxyl groups is 1. The molecule has 0 aromatic rings. The van der Waals surface area contributed by atoms with E-state index in [4.69, 9.17) is 9.84 Å². The minimum atomic E-state index is -0.0847. The van der Waals surface area contributed by atoms with E-state index in [2.05, 4.69) is 17.1 Å². The Hall–Kier alpha value is -0.650. The summed E-state index contributed by atoms with van der Waals surface area (Å²) in [5, 5.41) is 11.7. The molecule has 0 saturated carbocycles. The first-order chi connectivity index (χ1) is 7.13. The Labute approximate surface area is 90.4 Å². The summed E-state index contributed by atoms with van der Waals surface area (Å²) >= 11 is 0. The van der Waals surface area contributed by atoms with Crippen molar-refractivity contribution in [3.05, 3.63) is 0 Å². The van der Waals surface area contributed by atoms with Crippen LogP contribution in [0.4, 0.5) is 0 Å². The molecule has 5 heteroatoms. The first-order valence-electron chi connectivity index (χ1n) is 5.34. The molecule has 2 N–H and O–H groups in total. The molecule has 1 amide bonds. The standard InChI is InChI=1S/C10H20N2O3/c1-8-7-15-10(6-13)5-12(8)4-3-11-9(2)14/h8,10,13H,3-7H2,1-2H3,(H,11,14). The number of morpholine rings is 1. The maximum Gasteiger partial charge on any atom is 0.216 e. The Balaban J connectivity index is 2.28. The molecule has 1 saturated heterocycles. The monoisotopic (exact) mass is 216 g/mol. The lowest BCUT2D eigenvalue weighted by molar-refractivity contribution is -0.119. The lowest BCUT2D eigenvalue weighted by Gasteiger charge is -2.37. The zero-order valence-electron chi connectivity index (χ0n) is 9.40. The highest BCUT2D eigenvalue weighted by atomic mass is 16.5. The van der Waals surface area contributed by atoms with Crippen LogP contribution in [-0.4, -0.2) is 60.9 Å². The van der Waals surface area contributed by atoms with E-state index in [1.807, 2.05) is 0 Å². The lowest BCUT2D eigenvalue weighted by atomic mass is 10.2. The van der Waals surface area contributed by atoms with E-state index in [1.54, 1.807) is 0 Å². The van der Waals surface area contributed by atoms with Crippen LogP contribution >= 0.6 is 0 Å². The van der Waals surface area contributed by atoms with Gasteiger partial charge in [0.15, 0.2) is 0 Å². The number of aliphatic hydroxyl groups excluding tert-OH is 1. The molecule has 0 radical (unpaired) electrons. The van der Waals surface area contributed by atoms with Crippen molar-refractivity contribution < 1.29 is 14.6 Å². The van der Waals surface area contributed by atoms with Crippen LogP contribution < -0.4 is 5.32 Å². The highest BCUT2D eigenvalue weighted by Gasteiger charge is 2.24. The van der Waals surface area contributed by atoms with Crippen molar-refractivity contribution in [2.24, 2.45) is 0 Å². The van der Waals surface area contributed by atoms with Gasteiger partial charge in [0.1, 0.15) is 0 Å². The zero-order valence-corrected chi connectivity index (χ0v) is 9.40. The number of rotatable bonds is 4. The van der Waals surface area contributed by atoms with Crippen LogP contribution in [0.5, 0.6) is 0 Å². The van der Waals surface area contributed by atoms with Gasteiger partial charge >= 0.3 is 0 Å². The van der Waals surface area contributed by atoms with Gasteiger partial charge in [-0.3, -0.25) is 9.69 Å². The number of hydrogen-bond acceptors (Lipinski definition) is 4. The van der Waals surface area contributed by atoms with Crippen molar-refractivity contribution in [3.8, 4) is 0 Å². The Kier molecular flexibility index (Phi) is 5.01. The van der Waals surface area contributed by atoms with E-state index in [0.717, 1.165) is 13.1 Å². The van der Waals surface area contributed by atoms with Crippen LogP contribution in [0.15, 0.2) is 0 Å².